The Bertz CT molecular complexity index is 400. The molecule has 0 aliphatic carbocycles. The van der Waals surface area contributed by atoms with Crippen molar-refractivity contribution in [2.24, 2.45) is 0 Å². The van der Waals surface area contributed by atoms with Gasteiger partial charge >= 0.3 is 11.9 Å². The Labute approximate surface area is 189 Å². The van der Waals surface area contributed by atoms with Crippen molar-refractivity contribution in [1.82, 2.24) is 0 Å². The lowest BCUT2D eigenvalue weighted by Gasteiger charge is -2.16. The highest BCUT2D eigenvalue weighted by Gasteiger charge is 2.13. The van der Waals surface area contributed by atoms with Crippen molar-refractivity contribution in [3.63, 3.8) is 0 Å². The number of methoxy groups -OCH3 is 2. The molecule has 0 fully saturated rings. The summed E-state index contributed by atoms with van der Waals surface area (Å²) in [6.45, 7) is 6.82. The Hall–Kier alpha value is -0.950. The van der Waals surface area contributed by atoms with Gasteiger partial charge in [-0.05, 0) is 13.8 Å². The van der Waals surface area contributed by atoms with Gasteiger partial charge in [0.1, 0.15) is 25.4 Å². The molecule has 0 amide bonds. The minimum Gasteiger partial charge on any atom is -0.460 e. The Morgan fingerprint density at radius 1 is 0.613 bits per heavy atom. The number of ether oxygens (including phenoxy) is 8. The van der Waals surface area contributed by atoms with Crippen LogP contribution in [-0.2, 0) is 47.5 Å². The summed E-state index contributed by atoms with van der Waals surface area (Å²) >= 11 is 1.53. The van der Waals surface area contributed by atoms with Gasteiger partial charge in [0.15, 0.2) is 0 Å². The first kappa shape index (κ1) is 30.0. The van der Waals surface area contributed by atoms with E-state index in [4.69, 9.17) is 37.9 Å². The van der Waals surface area contributed by atoms with E-state index >= 15 is 0 Å². The zero-order valence-electron chi connectivity index (χ0n) is 19.1. The maximum Gasteiger partial charge on any atom is 0.332 e. The van der Waals surface area contributed by atoms with Gasteiger partial charge in [-0.3, -0.25) is 0 Å². The lowest BCUT2D eigenvalue weighted by Crippen LogP contribution is -2.24. The quantitative estimate of drug-likeness (QED) is 0.167. The van der Waals surface area contributed by atoms with Crippen LogP contribution in [0.15, 0.2) is 0 Å². The molecule has 31 heavy (non-hydrogen) atoms. The molecule has 0 bridgehead atoms. The largest absolute Gasteiger partial charge is 0.460 e. The topological polar surface area (TPSA) is 108 Å². The van der Waals surface area contributed by atoms with Crippen LogP contribution < -0.4 is 0 Å². The van der Waals surface area contributed by atoms with E-state index in [9.17, 15) is 9.59 Å². The van der Waals surface area contributed by atoms with Crippen molar-refractivity contribution in [1.29, 1.82) is 0 Å². The molecule has 0 aromatic rings. The fraction of sp³-hybridized carbons (Fsp3) is 0.900. The van der Waals surface area contributed by atoms with Crippen LogP contribution in [-0.4, -0.2) is 116 Å². The third-order valence-electron chi connectivity index (χ3n) is 3.42. The van der Waals surface area contributed by atoms with Crippen molar-refractivity contribution in [2.45, 2.75) is 26.1 Å². The smallest absolute Gasteiger partial charge is 0.332 e. The average Bonchev–Trinajstić information content (AvgIpc) is 2.72. The molecule has 2 unspecified atom stereocenters. The second kappa shape index (κ2) is 22.3. The zero-order valence-corrected chi connectivity index (χ0v) is 19.9. The van der Waals surface area contributed by atoms with Gasteiger partial charge in [-0.2, -0.15) is 11.8 Å². The maximum absolute atomic E-state index is 11.7. The van der Waals surface area contributed by atoms with Crippen molar-refractivity contribution < 1.29 is 47.5 Å². The summed E-state index contributed by atoms with van der Waals surface area (Å²) < 4.78 is 41.1. The number of rotatable bonds is 22. The summed E-state index contributed by atoms with van der Waals surface area (Å²) in [5, 5.41) is 0. The molecule has 0 aliphatic rings. The second-order valence-electron chi connectivity index (χ2n) is 6.45. The van der Waals surface area contributed by atoms with Gasteiger partial charge in [0.2, 0.25) is 0 Å². The van der Waals surface area contributed by atoms with E-state index in [1.54, 1.807) is 28.1 Å². The minimum atomic E-state index is -0.423. The van der Waals surface area contributed by atoms with E-state index in [2.05, 4.69) is 0 Å². The molecule has 0 rings (SSSR count). The minimum absolute atomic E-state index is 0.117. The molecule has 11 heteroatoms. The first-order valence-electron chi connectivity index (χ1n) is 10.2. The average molecular weight is 471 g/mol. The third-order valence-corrected chi connectivity index (χ3v) is 4.83. The Kier molecular flexibility index (Phi) is 21.6. The molecular formula is C20H38O10S. The highest BCUT2D eigenvalue weighted by molar-refractivity contribution is 7.99. The highest BCUT2D eigenvalue weighted by atomic mass is 32.2. The predicted molar refractivity (Wildman–Crippen MR) is 115 cm³/mol. The van der Waals surface area contributed by atoms with Crippen molar-refractivity contribution in [3.05, 3.63) is 0 Å². The molecule has 0 aliphatic heterocycles. The van der Waals surface area contributed by atoms with Gasteiger partial charge in [-0.1, -0.05) is 0 Å². The number of thioether (sulfide) groups is 1. The normalized spacial score (nSPS) is 13.0. The van der Waals surface area contributed by atoms with Gasteiger partial charge in [-0.25, -0.2) is 9.59 Å². The Morgan fingerprint density at radius 3 is 1.35 bits per heavy atom. The molecule has 0 spiro atoms. The molecule has 0 aromatic carbocycles. The molecule has 10 nitrogen and oxygen atoms in total. The third kappa shape index (κ3) is 22.0. The van der Waals surface area contributed by atoms with Gasteiger partial charge in [0.25, 0.3) is 0 Å². The summed E-state index contributed by atoms with van der Waals surface area (Å²) in [5.74, 6) is 0.326. The highest BCUT2D eigenvalue weighted by Crippen LogP contribution is 2.10. The van der Waals surface area contributed by atoms with Crippen LogP contribution in [0.4, 0.5) is 0 Å². The van der Waals surface area contributed by atoms with E-state index in [1.165, 1.54) is 11.8 Å². The predicted octanol–water partition coefficient (Wildman–Crippen LogP) is 0.942. The van der Waals surface area contributed by atoms with Crippen molar-refractivity contribution in [2.75, 3.05) is 91.8 Å². The van der Waals surface area contributed by atoms with Gasteiger partial charge < -0.3 is 37.9 Å². The number of hydrogen-bond donors (Lipinski definition) is 0. The van der Waals surface area contributed by atoms with Gasteiger partial charge in [0.05, 0.1) is 52.9 Å². The van der Waals surface area contributed by atoms with E-state index in [0.717, 1.165) is 0 Å². The molecule has 184 valence electrons. The SMILES string of the molecule is COCCOCCOCC(=O)OC(C)CSCC(C)OC(=O)COCCOCCOC. The summed E-state index contributed by atoms with van der Waals surface area (Å²) in [6, 6.07) is 0. The molecule has 0 N–H and O–H groups in total. The number of carbonyl (C=O) groups excluding carboxylic acids is 2. The second-order valence-corrected chi connectivity index (χ2v) is 7.53. The van der Waals surface area contributed by atoms with E-state index in [-0.39, 0.29) is 25.4 Å². The van der Waals surface area contributed by atoms with Crippen LogP contribution in [0.1, 0.15) is 13.8 Å². The summed E-state index contributed by atoms with van der Waals surface area (Å²) in [6.07, 6.45) is -0.549. The van der Waals surface area contributed by atoms with Crippen molar-refractivity contribution in [3.8, 4) is 0 Å². The molecular weight excluding hydrogens is 432 g/mol. The monoisotopic (exact) mass is 470 g/mol. The fourth-order valence-electron chi connectivity index (χ4n) is 2.02. The van der Waals surface area contributed by atoms with Gasteiger partial charge in [-0.15, -0.1) is 0 Å². The maximum atomic E-state index is 11.7. The van der Waals surface area contributed by atoms with Crippen LogP contribution in [0.2, 0.25) is 0 Å². The molecule has 0 saturated heterocycles. The van der Waals surface area contributed by atoms with E-state index < -0.39 is 11.9 Å². The van der Waals surface area contributed by atoms with E-state index in [1.807, 2.05) is 0 Å². The lowest BCUT2D eigenvalue weighted by atomic mass is 10.5. The molecule has 0 aromatic heterocycles. The van der Waals surface area contributed by atoms with E-state index in [0.29, 0.717) is 64.4 Å². The molecule has 0 saturated carbocycles. The standard InChI is InChI=1S/C20H38O10S/c1-17(29-19(21)13-27-11-9-25-7-5-23-3)15-31-16-18(2)30-20(22)14-28-12-10-26-8-6-24-4/h17-18H,5-16H2,1-4H3. The number of carbonyl (C=O) groups is 2. The molecule has 0 radical (unpaired) electrons. The summed E-state index contributed by atoms with van der Waals surface area (Å²) in [4.78, 5) is 23.4. The first-order chi connectivity index (χ1) is 15.0. The van der Waals surface area contributed by atoms with Gasteiger partial charge in [0, 0.05) is 25.7 Å². The van der Waals surface area contributed by atoms with Crippen molar-refractivity contribution >= 4 is 23.7 Å². The first-order valence-corrected chi connectivity index (χ1v) is 11.4. The van der Waals surface area contributed by atoms with Crippen LogP contribution in [0.25, 0.3) is 0 Å². The van der Waals surface area contributed by atoms with Crippen LogP contribution in [0.3, 0.4) is 0 Å². The summed E-state index contributed by atoms with van der Waals surface area (Å²) in [5.41, 5.74) is 0. The summed E-state index contributed by atoms with van der Waals surface area (Å²) in [7, 11) is 3.20. The fourth-order valence-corrected chi connectivity index (χ4v) is 2.96. The van der Waals surface area contributed by atoms with Crippen LogP contribution in [0, 0.1) is 0 Å². The molecule has 0 heterocycles. The van der Waals surface area contributed by atoms with Crippen LogP contribution >= 0.6 is 11.8 Å². The lowest BCUT2D eigenvalue weighted by molar-refractivity contribution is -0.153. The Balaban J connectivity index is 3.60. The number of esters is 2. The zero-order chi connectivity index (χ0) is 23.2. The number of hydrogen-bond acceptors (Lipinski definition) is 11. The Morgan fingerprint density at radius 2 is 0.968 bits per heavy atom. The molecule has 2 atom stereocenters. The van der Waals surface area contributed by atoms with Crippen LogP contribution in [0.5, 0.6) is 0 Å².